The van der Waals surface area contributed by atoms with Gasteiger partial charge in [-0.1, -0.05) is 22.0 Å². The van der Waals surface area contributed by atoms with Gasteiger partial charge in [-0.3, -0.25) is 4.79 Å². The quantitative estimate of drug-likeness (QED) is 0.654. The molecule has 15 heavy (non-hydrogen) atoms. The zero-order valence-electron chi connectivity index (χ0n) is 8.19. The fourth-order valence-corrected chi connectivity index (χ4v) is 2.45. The minimum atomic E-state index is 0.207. The summed E-state index contributed by atoms with van der Waals surface area (Å²) in [6.07, 6.45) is 0.641. The molecule has 2 nitrogen and oxygen atoms in total. The molecule has 1 aromatic rings. The Morgan fingerprint density at radius 3 is 2.93 bits per heavy atom. The predicted octanol–water partition coefficient (Wildman–Crippen LogP) is 2.72. The number of carbonyl (C=O) groups is 1. The highest BCUT2D eigenvalue weighted by Crippen LogP contribution is 2.27. The molecule has 0 aromatic heterocycles. The summed E-state index contributed by atoms with van der Waals surface area (Å²) in [6.45, 7) is 0.807. The lowest BCUT2D eigenvalue weighted by Crippen LogP contribution is -2.24. The molecule has 0 aliphatic carbocycles. The van der Waals surface area contributed by atoms with Crippen molar-refractivity contribution in [1.82, 2.24) is 0 Å². The molecule has 1 aliphatic heterocycles. The van der Waals surface area contributed by atoms with Crippen LogP contribution in [0.4, 0.5) is 5.69 Å². The van der Waals surface area contributed by atoms with Gasteiger partial charge in [0.05, 0.1) is 0 Å². The first-order valence-electron chi connectivity index (χ1n) is 4.86. The van der Waals surface area contributed by atoms with E-state index in [2.05, 4.69) is 28.6 Å². The molecule has 4 heteroatoms. The molecule has 0 radical (unpaired) electrons. The number of carbonyl (C=O) groups excluding carboxylic acids is 1. The van der Waals surface area contributed by atoms with Crippen LogP contribution in [0.25, 0.3) is 0 Å². The fraction of sp³-hybridized carbons (Fsp3) is 0.364. The van der Waals surface area contributed by atoms with Crippen molar-refractivity contribution < 1.29 is 4.79 Å². The molecule has 1 atom stereocenters. The molecule has 1 fully saturated rings. The van der Waals surface area contributed by atoms with Crippen LogP contribution in [0, 0.1) is 5.92 Å². The molecule has 0 bridgehead atoms. The Balaban J connectivity index is 2.21. The third kappa shape index (κ3) is 2.37. The Hall–Kier alpha value is -0.480. The Kier molecular flexibility index (Phi) is 3.36. The summed E-state index contributed by atoms with van der Waals surface area (Å²) in [4.78, 5) is 14.5. The van der Waals surface area contributed by atoms with Crippen molar-refractivity contribution in [1.29, 1.82) is 0 Å². The number of thiol groups is 1. The Morgan fingerprint density at radius 2 is 2.33 bits per heavy atom. The summed E-state index contributed by atoms with van der Waals surface area (Å²) < 4.78 is 0. The maximum absolute atomic E-state index is 11.7. The van der Waals surface area contributed by atoms with Crippen molar-refractivity contribution in [3.05, 3.63) is 24.3 Å². The molecule has 1 aliphatic rings. The first kappa shape index (κ1) is 11.0. The molecule has 1 amide bonds. The van der Waals surface area contributed by atoms with Crippen molar-refractivity contribution in [2.45, 2.75) is 11.3 Å². The van der Waals surface area contributed by atoms with Crippen LogP contribution in [0.3, 0.4) is 0 Å². The van der Waals surface area contributed by atoms with Crippen LogP contribution in [-0.2, 0) is 4.79 Å². The van der Waals surface area contributed by atoms with Crippen LogP contribution < -0.4 is 4.90 Å². The molecule has 1 unspecified atom stereocenters. The molecular formula is C11H12BrNOS. The van der Waals surface area contributed by atoms with Crippen molar-refractivity contribution in [3.8, 4) is 0 Å². The highest BCUT2D eigenvalue weighted by molar-refractivity contribution is 9.09. The first-order chi connectivity index (χ1) is 7.20. The molecule has 2 rings (SSSR count). The first-order valence-corrected chi connectivity index (χ1v) is 6.43. The average Bonchev–Trinajstić information content (AvgIpc) is 2.60. The SMILES string of the molecule is O=C1CC(CBr)CN1c1cccc(S)c1. The predicted molar refractivity (Wildman–Crippen MR) is 67.9 cm³/mol. The van der Waals surface area contributed by atoms with Crippen LogP contribution >= 0.6 is 28.6 Å². The number of anilines is 1. The maximum Gasteiger partial charge on any atom is 0.227 e. The maximum atomic E-state index is 11.7. The second kappa shape index (κ2) is 4.58. The number of nitrogens with zero attached hydrogens (tertiary/aromatic N) is 1. The Labute approximate surface area is 103 Å². The van der Waals surface area contributed by atoms with E-state index in [9.17, 15) is 4.79 Å². The lowest BCUT2D eigenvalue weighted by atomic mass is 10.2. The standard InChI is InChI=1S/C11H12BrNOS/c12-6-8-4-11(14)13(7-8)9-2-1-3-10(15)5-9/h1-3,5,8,15H,4,6-7H2. The second-order valence-electron chi connectivity index (χ2n) is 3.75. The summed E-state index contributed by atoms with van der Waals surface area (Å²) in [5.74, 6) is 0.638. The molecule has 0 saturated carbocycles. The lowest BCUT2D eigenvalue weighted by Gasteiger charge is -2.16. The topological polar surface area (TPSA) is 20.3 Å². The minimum Gasteiger partial charge on any atom is -0.312 e. The summed E-state index contributed by atoms with van der Waals surface area (Å²) in [6, 6.07) is 7.72. The van der Waals surface area contributed by atoms with Gasteiger partial charge < -0.3 is 4.90 Å². The number of alkyl halides is 1. The minimum absolute atomic E-state index is 0.207. The summed E-state index contributed by atoms with van der Waals surface area (Å²) in [5, 5.41) is 0.885. The molecule has 0 spiro atoms. The van der Waals surface area contributed by atoms with Crippen molar-refractivity contribution >= 4 is 40.2 Å². The van der Waals surface area contributed by atoms with E-state index in [1.54, 1.807) is 0 Å². The third-order valence-electron chi connectivity index (χ3n) is 2.56. The van der Waals surface area contributed by atoms with Gasteiger partial charge in [-0.25, -0.2) is 0 Å². The van der Waals surface area contributed by atoms with E-state index >= 15 is 0 Å². The summed E-state index contributed by atoms with van der Waals surface area (Å²) in [7, 11) is 0. The van der Waals surface area contributed by atoms with Crippen LogP contribution in [-0.4, -0.2) is 17.8 Å². The summed E-state index contributed by atoms with van der Waals surface area (Å²) >= 11 is 7.70. The van der Waals surface area contributed by atoms with E-state index < -0.39 is 0 Å². The van der Waals surface area contributed by atoms with Gasteiger partial charge in [0.15, 0.2) is 0 Å². The van der Waals surface area contributed by atoms with Gasteiger partial charge in [-0.15, -0.1) is 12.6 Å². The number of rotatable bonds is 2. The zero-order chi connectivity index (χ0) is 10.8. The molecule has 1 aromatic carbocycles. The monoisotopic (exact) mass is 285 g/mol. The molecule has 0 N–H and O–H groups in total. The number of benzene rings is 1. The number of hydrogen-bond acceptors (Lipinski definition) is 2. The molecular weight excluding hydrogens is 274 g/mol. The van der Waals surface area contributed by atoms with E-state index in [1.165, 1.54) is 0 Å². The van der Waals surface area contributed by atoms with E-state index in [0.717, 1.165) is 22.5 Å². The van der Waals surface area contributed by atoms with Gasteiger partial charge in [0.2, 0.25) is 5.91 Å². The van der Waals surface area contributed by atoms with Crippen LogP contribution in [0.2, 0.25) is 0 Å². The fourth-order valence-electron chi connectivity index (χ4n) is 1.80. The van der Waals surface area contributed by atoms with E-state index in [-0.39, 0.29) is 5.91 Å². The van der Waals surface area contributed by atoms with Gasteiger partial charge in [-0.2, -0.15) is 0 Å². The molecule has 1 heterocycles. The van der Waals surface area contributed by atoms with E-state index in [1.807, 2.05) is 29.2 Å². The highest BCUT2D eigenvalue weighted by Gasteiger charge is 2.29. The van der Waals surface area contributed by atoms with Crippen molar-refractivity contribution in [2.75, 3.05) is 16.8 Å². The zero-order valence-corrected chi connectivity index (χ0v) is 10.7. The molecule has 80 valence electrons. The van der Waals surface area contributed by atoms with Crippen LogP contribution in [0.1, 0.15) is 6.42 Å². The summed E-state index contributed by atoms with van der Waals surface area (Å²) in [5.41, 5.74) is 0.955. The number of hydrogen-bond donors (Lipinski definition) is 1. The van der Waals surface area contributed by atoms with Gasteiger partial charge in [0.25, 0.3) is 0 Å². The molecule has 1 saturated heterocycles. The Bertz CT molecular complexity index is 383. The second-order valence-corrected chi connectivity index (χ2v) is 4.91. The smallest absolute Gasteiger partial charge is 0.227 e. The van der Waals surface area contributed by atoms with Gasteiger partial charge in [-0.05, 0) is 24.1 Å². The largest absolute Gasteiger partial charge is 0.312 e. The van der Waals surface area contributed by atoms with Crippen molar-refractivity contribution in [2.24, 2.45) is 5.92 Å². The van der Waals surface area contributed by atoms with E-state index in [4.69, 9.17) is 0 Å². The van der Waals surface area contributed by atoms with Crippen molar-refractivity contribution in [3.63, 3.8) is 0 Å². The van der Waals surface area contributed by atoms with Crippen LogP contribution in [0.5, 0.6) is 0 Å². The van der Waals surface area contributed by atoms with Gasteiger partial charge in [0, 0.05) is 28.9 Å². The number of halogens is 1. The van der Waals surface area contributed by atoms with E-state index in [0.29, 0.717) is 12.3 Å². The average molecular weight is 286 g/mol. The third-order valence-corrected chi connectivity index (χ3v) is 3.76. The van der Waals surface area contributed by atoms with Crippen LogP contribution in [0.15, 0.2) is 29.2 Å². The van der Waals surface area contributed by atoms with Gasteiger partial charge >= 0.3 is 0 Å². The van der Waals surface area contributed by atoms with Gasteiger partial charge in [0.1, 0.15) is 0 Å². The number of amides is 1. The highest BCUT2D eigenvalue weighted by atomic mass is 79.9. The Morgan fingerprint density at radius 1 is 1.53 bits per heavy atom. The lowest BCUT2D eigenvalue weighted by molar-refractivity contribution is -0.117. The normalized spacial score (nSPS) is 21.1.